The zero-order valence-electron chi connectivity index (χ0n) is 12.7. The van der Waals surface area contributed by atoms with Crippen molar-refractivity contribution in [3.63, 3.8) is 0 Å². The zero-order chi connectivity index (χ0) is 16.1. The van der Waals surface area contributed by atoms with Crippen molar-refractivity contribution < 1.29 is 14.9 Å². The Bertz CT molecular complexity index is 702. The van der Waals surface area contributed by atoms with E-state index in [1.807, 2.05) is 24.3 Å². The van der Waals surface area contributed by atoms with Gasteiger partial charge >= 0.3 is 0 Å². The number of hydrogen-bond donors (Lipinski definition) is 2. The summed E-state index contributed by atoms with van der Waals surface area (Å²) in [7, 11) is 1.50. The molecule has 2 aromatic rings. The third-order valence-corrected chi connectivity index (χ3v) is 3.49. The van der Waals surface area contributed by atoms with E-state index in [0.29, 0.717) is 23.3 Å². The Kier molecular flexibility index (Phi) is 4.89. The molecule has 0 saturated carbocycles. The number of allylic oxidation sites excluding steroid dienone is 2. The third kappa shape index (κ3) is 3.14. The molecule has 2 N–H and O–H groups in total. The number of phenols is 2. The largest absolute Gasteiger partial charge is 0.507 e. The lowest BCUT2D eigenvalue weighted by atomic mass is 9.97. The second kappa shape index (κ2) is 6.85. The van der Waals surface area contributed by atoms with Crippen molar-refractivity contribution in [3.05, 3.63) is 66.8 Å². The Morgan fingerprint density at radius 3 is 2.41 bits per heavy atom. The van der Waals surface area contributed by atoms with Crippen molar-refractivity contribution in [3.8, 4) is 28.4 Å². The van der Waals surface area contributed by atoms with Crippen LogP contribution in [0.3, 0.4) is 0 Å². The summed E-state index contributed by atoms with van der Waals surface area (Å²) in [6.07, 6.45) is 4.77. The van der Waals surface area contributed by atoms with Crippen molar-refractivity contribution in [2.75, 3.05) is 7.11 Å². The Hall–Kier alpha value is -2.68. The van der Waals surface area contributed by atoms with Crippen molar-refractivity contribution >= 4 is 0 Å². The molecule has 2 aromatic carbocycles. The average molecular weight is 296 g/mol. The summed E-state index contributed by atoms with van der Waals surface area (Å²) in [6.45, 7) is 7.43. The van der Waals surface area contributed by atoms with E-state index in [-0.39, 0.29) is 11.5 Å². The second-order valence-electron chi connectivity index (χ2n) is 5.02. The maximum Gasteiger partial charge on any atom is 0.161 e. The molecule has 2 rings (SSSR count). The predicted molar refractivity (Wildman–Crippen MR) is 89.6 cm³/mol. The molecule has 0 heterocycles. The molecule has 0 radical (unpaired) electrons. The van der Waals surface area contributed by atoms with Crippen molar-refractivity contribution in [2.24, 2.45) is 0 Å². The zero-order valence-corrected chi connectivity index (χ0v) is 12.7. The van der Waals surface area contributed by atoms with Crippen LogP contribution in [0, 0.1) is 0 Å². The van der Waals surface area contributed by atoms with Crippen LogP contribution in [0.15, 0.2) is 55.6 Å². The molecule has 0 spiro atoms. The first-order valence-electron chi connectivity index (χ1n) is 7.04. The fraction of sp³-hybridized carbons (Fsp3) is 0.158. The summed E-state index contributed by atoms with van der Waals surface area (Å²) < 4.78 is 5.23. The Morgan fingerprint density at radius 2 is 1.77 bits per heavy atom. The molecule has 0 saturated heterocycles. The minimum absolute atomic E-state index is 0.105. The summed E-state index contributed by atoms with van der Waals surface area (Å²) in [6, 6.07) is 9.00. The quantitative estimate of drug-likeness (QED) is 0.784. The molecular formula is C19H20O3. The molecule has 0 atom stereocenters. The van der Waals surface area contributed by atoms with Gasteiger partial charge in [-0.3, -0.25) is 0 Å². The maximum absolute atomic E-state index is 10.2. The summed E-state index contributed by atoms with van der Waals surface area (Å²) in [5, 5.41) is 20.3. The van der Waals surface area contributed by atoms with Crippen LogP contribution in [0.4, 0.5) is 0 Å². The van der Waals surface area contributed by atoms with Crippen molar-refractivity contribution in [1.29, 1.82) is 0 Å². The van der Waals surface area contributed by atoms with Gasteiger partial charge in [0.25, 0.3) is 0 Å². The van der Waals surface area contributed by atoms with Crippen LogP contribution in [0.1, 0.15) is 11.1 Å². The number of methoxy groups -OCH3 is 1. The predicted octanol–water partition coefficient (Wildman–Crippen LogP) is 4.23. The highest BCUT2D eigenvalue weighted by Crippen LogP contribution is 2.39. The molecule has 22 heavy (non-hydrogen) atoms. The highest BCUT2D eigenvalue weighted by Gasteiger charge is 2.13. The van der Waals surface area contributed by atoms with Crippen LogP contribution >= 0.6 is 0 Å². The molecule has 0 amide bonds. The molecular weight excluding hydrogens is 276 g/mol. The first-order chi connectivity index (χ1) is 10.6. The monoisotopic (exact) mass is 296 g/mol. The molecule has 0 aliphatic rings. The van der Waals surface area contributed by atoms with Crippen LogP contribution in [0.25, 0.3) is 11.1 Å². The molecule has 3 heteroatoms. The number of benzene rings is 2. The van der Waals surface area contributed by atoms with Crippen LogP contribution in [-0.4, -0.2) is 17.3 Å². The van der Waals surface area contributed by atoms with Crippen LogP contribution in [0.2, 0.25) is 0 Å². The van der Waals surface area contributed by atoms with E-state index < -0.39 is 0 Å². The summed E-state index contributed by atoms with van der Waals surface area (Å²) in [5.74, 6) is 0.667. The Balaban J connectivity index is 2.60. The fourth-order valence-corrected chi connectivity index (χ4v) is 2.40. The minimum Gasteiger partial charge on any atom is -0.507 e. The van der Waals surface area contributed by atoms with E-state index in [1.165, 1.54) is 7.11 Å². The first kappa shape index (κ1) is 15.7. The lowest BCUT2D eigenvalue weighted by molar-refractivity contribution is 0.371. The third-order valence-electron chi connectivity index (χ3n) is 3.49. The van der Waals surface area contributed by atoms with E-state index in [2.05, 4.69) is 13.2 Å². The summed E-state index contributed by atoms with van der Waals surface area (Å²) in [4.78, 5) is 0. The van der Waals surface area contributed by atoms with Gasteiger partial charge in [-0.1, -0.05) is 18.2 Å². The van der Waals surface area contributed by atoms with Gasteiger partial charge in [-0.25, -0.2) is 0 Å². The standard InChI is InChI=1S/C19H20O3/c1-4-6-13-8-9-17(20)16(10-13)15-11-14(7-5-2)19(21)18(12-15)22-3/h4-5,8-12,20-21H,1-2,6-7H2,3H3. The topological polar surface area (TPSA) is 49.7 Å². The summed E-state index contributed by atoms with van der Waals surface area (Å²) in [5.41, 5.74) is 3.25. The van der Waals surface area contributed by atoms with Crippen molar-refractivity contribution in [2.45, 2.75) is 12.8 Å². The Labute approximate surface area is 130 Å². The Morgan fingerprint density at radius 1 is 1.05 bits per heavy atom. The SMILES string of the molecule is C=CCc1ccc(O)c(-c2cc(CC=C)c(O)c(OC)c2)c1. The van der Waals surface area contributed by atoms with Crippen LogP contribution in [0.5, 0.6) is 17.2 Å². The first-order valence-corrected chi connectivity index (χ1v) is 7.04. The number of rotatable bonds is 6. The summed E-state index contributed by atoms with van der Waals surface area (Å²) >= 11 is 0. The highest BCUT2D eigenvalue weighted by molar-refractivity contribution is 5.74. The van der Waals surface area contributed by atoms with Gasteiger partial charge in [0.2, 0.25) is 0 Å². The van der Waals surface area contributed by atoms with Gasteiger partial charge < -0.3 is 14.9 Å². The van der Waals surface area contributed by atoms with E-state index in [9.17, 15) is 10.2 Å². The van der Waals surface area contributed by atoms with Gasteiger partial charge in [0.05, 0.1) is 7.11 Å². The molecule has 3 nitrogen and oxygen atoms in total. The van der Waals surface area contributed by atoms with Gasteiger partial charge in [-0.2, -0.15) is 0 Å². The number of hydrogen-bond acceptors (Lipinski definition) is 3. The van der Waals surface area contributed by atoms with Gasteiger partial charge in [-0.05, 0) is 48.2 Å². The fourth-order valence-electron chi connectivity index (χ4n) is 2.40. The molecule has 0 bridgehead atoms. The average Bonchev–Trinajstić information content (AvgIpc) is 2.52. The smallest absolute Gasteiger partial charge is 0.161 e. The minimum atomic E-state index is 0.105. The highest BCUT2D eigenvalue weighted by atomic mass is 16.5. The normalized spacial score (nSPS) is 10.2. The molecule has 0 fully saturated rings. The van der Waals surface area contributed by atoms with E-state index in [0.717, 1.165) is 17.5 Å². The van der Waals surface area contributed by atoms with Crippen LogP contribution in [-0.2, 0) is 12.8 Å². The van der Waals surface area contributed by atoms with Gasteiger partial charge in [0, 0.05) is 11.1 Å². The second-order valence-corrected chi connectivity index (χ2v) is 5.02. The van der Waals surface area contributed by atoms with Gasteiger partial charge in [0.1, 0.15) is 5.75 Å². The van der Waals surface area contributed by atoms with Gasteiger partial charge in [-0.15, -0.1) is 13.2 Å². The van der Waals surface area contributed by atoms with E-state index in [1.54, 1.807) is 18.2 Å². The van der Waals surface area contributed by atoms with Gasteiger partial charge in [0.15, 0.2) is 11.5 Å². The molecule has 114 valence electrons. The van der Waals surface area contributed by atoms with E-state index in [4.69, 9.17) is 4.74 Å². The molecule has 0 unspecified atom stereocenters. The number of aromatic hydroxyl groups is 2. The van der Waals surface area contributed by atoms with E-state index >= 15 is 0 Å². The maximum atomic E-state index is 10.2. The molecule has 0 aliphatic heterocycles. The lowest BCUT2D eigenvalue weighted by Gasteiger charge is -2.13. The molecule has 0 aliphatic carbocycles. The van der Waals surface area contributed by atoms with Crippen molar-refractivity contribution in [1.82, 2.24) is 0 Å². The molecule has 0 aromatic heterocycles. The lowest BCUT2D eigenvalue weighted by Crippen LogP contribution is -1.92. The van der Waals surface area contributed by atoms with Crippen LogP contribution < -0.4 is 4.74 Å². The number of phenolic OH excluding ortho intramolecular Hbond substituents is 2. The number of ether oxygens (including phenoxy) is 1.